The third-order valence-corrected chi connectivity index (χ3v) is 11.2. The first kappa shape index (κ1) is 29.0. The van der Waals surface area contributed by atoms with Crippen LogP contribution in [0.1, 0.15) is 84.7 Å². The third-order valence-electron chi connectivity index (χ3n) is 9.27. The molecule has 7 nitrogen and oxygen atoms in total. The van der Waals surface area contributed by atoms with E-state index in [1.54, 1.807) is 0 Å². The summed E-state index contributed by atoms with van der Waals surface area (Å²) < 4.78 is 53.9. The summed E-state index contributed by atoms with van der Waals surface area (Å²) >= 11 is 14.3. The molecule has 4 aliphatic carbocycles. The van der Waals surface area contributed by atoms with E-state index in [4.69, 9.17) is 43.2 Å². The zero-order valence-electron chi connectivity index (χ0n) is 22.9. The Labute approximate surface area is 258 Å². The zero-order valence-corrected chi connectivity index (χ0v) is 25.2. The first-order valence-corrected chi connectivity index (χ1v) is 15.8. The number of hydrogen-bond acceptors (Lipinski definition) is 7. The number of carbonyl (C=O) groups excluding carboxylic acids is 1. The van der Waals surface area contributed by atoms with Crippen LogP contribution in [0.15, 0.2) is 29.0 Å². The van der Waals surface area contributed by atoms with Gasteiger partial charge in [-0.05, 0) is 69.1 Å². The molecule has 4 aromatic rings. The fraction of sp³-hybridized carbons (Fsp3) is 0.467. The molecule has 43 heavy (non-hydrogen) atoms. The van der Waals surface area contributed by atoms with Crippen molar-refractivity contribution in [2.75, 3.05) is 0 Å². The maximum atomic E-state index is 13.6. The molecule has 13 heteroatoms. The van der Waals surface area contributed by atoms with Crippen molar-refractivity contribution >= 4 is 50.7 Å². The average molecular weight is 652 g/mol. The van der Waals surface area contributed by atoms with Crippen LogP contribution in [-0.4, -0.2) is 26.6 Å². The van der Waals surface area contributed by atoms with Crippen LogP contribution in [0.25, 0.3) is 21.5 Å². The number of aromatic nitrogens is 3. The molecular formula is C30H27Cl2F3N4O3S. The third kappa shape index (κ3) is 5.22. The van der Waals surface area contributed by atoms with E-state index in [0.717, 1.165) is 79.8 Å². The van der Waals surface area contributed by atoms with Crippen LogP contribution in [0.3, 0.4) is 0 Å². The van der Waals surface area contributed by atoms with Gasteiger partial charge in [0.15, 0.2) is 0 Å². The summed E-state index contributed by atoms with van der Waals surface area (Å²) in [5.41, 5.74) is 6.54. The van der Waals surface area contributed by atoms with Gasteiger partial charge in [0.2, 0.25) is 5.91 Å². The van der Waals surface area contributed by atoms with E-state index < -0.39 is 17.6 Å². The quantitative estimate of drug-likeness (QED) is 0.206. The SMILES string of the molecule is NC(=O)Cc1cc(C(F)(F)F)cc2nc(C34CCC(OCc5c(-c6c(Cl)cncc6Cl)noc5C5CC5)(CC3)CC4)sc12. The van der Waals surface area contributed by atoms with Gasteiger partial charge in [-0.25, -0.2) is 4.98 Å². The monoisotopic (exact) mass is 650 g/mol. The van der Waals surface area contributed by atoms with Gasteiger partial charge >= 0.3 is 6.18 Å². The Hall–Kier alpha value is -2.73. The Morgan fingerprint density at radius 1 is 1.09 bits per heavy atom. The number of alkyl halides is 3. The molecule has 3 aromatic heterocycles. The number of fused-ring (bicyclic) bond motifs is 4. The number of hydrogen-bond donors (Lipinski definition) is 1. The van der Waals surface area contributed by atoms with E-state index in [9.17, 15) is 18.0 Å². The Morgan fingerprint density at radius 2 is 1.77 bits per heavy atom. The van der Waals surface area contributed by atoms with Gasteiger partial charge in [0, 0.05) is 34.9 Å². The predicted octanol–water partition coefficient (Wildman–Crippen LogP) is 8.14. The molecule has 0 aliphatic heterocycles. The number of primary amides is 1. The van der Waals surface area contributed by atoms with Crippen LogP contribution in [0.5, 0.6) is 0 Å². The zero-order chi connectivity index (χ0) is 30.1. The maximum absolute atomic E-state index is 13.6. The number of halogens is 5. The topological polar surface area (TPSA) is 104 Å². The maximum Gasteiger partial charge on any atom is 0.416 e. The minimum atomic E-state index is -4.55. The van der Waals surface area contributed by atoms with E-state index in [1.165, 1.54) is 23.7 Å². The molecule has 3 heterocycles. The van der Waals surface area contributed by atoms with E-state index in [-0.39, 0.29) is 28.5 Å². The molecule has 1 aromatic carbocycles. The number of amides is 1. The van der Waals surface area contributed by atoms with Crippen molar-refractivity contribution in [2.45, 2.75) is 87.5 Å². The number of rotatable bonds is 8. The van der Waals surface area contributed by atoms with E-state index in [0.29, 0.717) is 38.5 Å². The Morgan fingerprint density at radius 3 is 2.37 bits per heavy atom. The lowest BCUT2D eigenvalue weighted by atomic mass is 9.59. The van der Waals surface area contributed by atoms with Crippen LogP contribution in [-0.2, 0) is 34.2 Å². The number of thiazole rings is 1. The molecule has 0 saturated heterocycles. The highest BCUT2D eigenvalue weighted by molar-refractivity contribution is 7.19. The molecule has 8 rings (SSSR count). The van der Waals surface area contributed by atoms with E-state index in [2.05, 4.69) is 10.1 Å². The summed E-state index contributed by atoms with van der Waals surface area (Å²) in [6.07, 6.45) is 5.09. The van der Waals surface area contributed by atoms with Crippen LogP contribution < -0.4 is 5.73 Å². The molecule has 0 radical (unpaired) electrons. The molecule has 4 aliphatic rings. The van der Waals surface area contributed by atoms with Gasteiger partial charge in [0.25, 0.3) is 0 Å². The van der Waals surface area contributed by atoms with Gasteiger partial charge in [-0.3, -0.25) is 9.78 Å². The summed E-state index contributed by atoms with van der Waals surface area (Å²) in [4.78, 5) is 20.5. The Kier molecular flexibility index (Phi) is 7.03. The van der Waals surface area contributed by atoms with Gasteiger partial charge in [0.05, 0.1) is 49.5 Å². The number of nitrogens with two attached hydrogens (primary N) is 1. The highest BCUT2D eigenvalue weighted by Gasteiger charge is 2.52. The second-order valence-electron chi connectivity index (χ2n) is 12.0. The van der Waals surface area contributed by atoms with Crippen molar-refractivity contribution in [1.29, 1.82) is 0 Å². The lowest BCUT2D eigenvalue weighted by Crippen LogP contribution is -2.49. The van der Waals surface area contributed by atoms with Crippen molar-refractivity contribution in [3.05, 3.63) is 62.0 Å². The van der Waals surface area contributed by atoms with Gasteiger partial charge < -0.3 is 15.0 Å². The number of carbonyl (C=O) groups is 1. The minimum absolute atomic E-state index is 0.239. The molecule has 226 valence electrons. The smallest absolute Gasteiger partial charge is 0.370 e. The Balaban J connectivity index is 1.14. The first-order valence-electron chi connectivity index (χ1n) is 14.2. The van der Waals surface area contributed by atoms with E-state index in [1.807, 2.05) is 0 Å². The normalized spacial score (nSPS) is 23.7. The molecule has 2 bridgehead atoms. The lowest BCUT2D eigenvalue weighted by molar-refractivity contribution is -0.137. The second-order valence-corrected chi connectivity index (χ2v) is 13.8. The van der Waals surface area contributed by atoms with E-state index >= 15 is 0 Å². The molecule has 0 unspecified atom stereocenters. The lowest BCUT2D eigenvalue weighted by Gasteiger charge is -2.52. The van der Waals surface area contributed by atoms with Crippen molar-refractivity contribution in [2.24, 2.45) is 5.73 Å². The van der Waals surface area contributed by atoms with Crippen LogP contribution >= 0.6 is 34.5 Å². The highest BCUT2D eigenvalue weighted by atomic mass is 35.5. The van der Waals surface area contributed by atoms with Crippen molar-refractivity contribution in [1.82, 2.24) is 15.1 Å². The number of ether oxygens (including phenoxy) is 1. The number of benzene rings is 1. The van der Waals surface area contributed by atoms with Crippen LogP contribution in [0.4, 0.5) is 13.2 Å². The predicted molar refractivity (Wildman–Crippen MR) is 156 cm³/mol. The van der Waals surface area contributed by atoms with Gasteiger partial charge in [0.1, 0.15) is 11.5 Å². The highest BCUT2D eigenvalue weighted by Crippen LogP contribution is 2.57. The standard InChI is InChI=1S/C30H27Cl2F3N4O3S/c31-19-12-37-13-20(32)23(19)24-18(25(42-39-24)15-1-2-15)14-41-29-6-3-28(4-7-29,5-8-29)27-38-21-11-17(30(33,34)35)9-16(10-22(36)40)26(21)43-27/h9,11-13,15H,1-8,10,14H2,(H2,36,40). The van der Waals surface area contributed by atoms with Crippen molar-refractivity contribution in [3.8, 4) is 11.3 Å². The molecule has 4 saturated carbocycles. The molecule has 1 amide bonds. The summed E-state index contributed by atoms with van der Waals surface area (Å²) in [5, 5.41) is 5.95. The fourth-order valence-electron chi connectivity index (χ4n) is 6.69. The fourth-order valence-corrected chi connectivity index (χ4v) is 8.56. The van der Waals surface area contributed by atoms with Gasteiger partial charge in [-0.2, -0.15) is 13.2 Å². The van der Waals surface area contributed by atoms with Crippen molar-refractivity contribution in [3.63, 3.8) is 0 Å². The first-order chi connectivity index (χ1) is 20.5. The van der Waals surface area contributed by atoms with Crippen LogP contribution in [0.2, 0.25) is 10.0 Å². The van der Waals surface area contributed by atoms with Crippen molar-refractivity contribution < 1.29 is 27.2 Å². The summed E-state index contributed by atoms with van der Waals surface area (Å²) in [6, 6.07) is 2.10. The molecule has 0 spiro atoms. The van der Waals surface area contributed by atoms with Gasteiger partial charge in [-0.1, -0.05) is 28.4 Å². The van der Waals surface area contributed by atoms with Gasteiger partial charge in [-0.15, -0.1) is 11.3 Å². The Bertz CT molecular complexity index is 1710. The van der Waals surface area contributed by atoms with Crippen LogP contribution in [0, 0.1) is 0 Å². The largest absolute Gasteiger partial charge is 0.416 e. The summed E-state index contributed by atoms with van der Waals surface area (Å²) in [5.74, 6) is 0.439. The molecule has 4 fully saturated rings. The summed E-state index contributed by atoms with van der Waals surface area (Å²) in [6.45, 7) is 0.310. The summed E-state index contributed by atoms with van der Waals surface area (Å²) in [7, 11) is 0. The second kappa shape index (κ2) is 10.4. The molecular weight excluding hydrogens is 624 g/mol. The minimum Gasteiger partial charge on any atom is -0.370 e. The molecule has 0 atom stereocenters. The average Bonchev–Trinajstić information content (AvgIpc) is 3.56. The molecule has 2 N–H and O–H groups in total. The number of pyridine rings is 1. The number of nitrogens with zero attached hydrogens (tertiary/aromatic N) is 3.